The zero-order chi connectivity index (χ0) is 9.80. The number of nitrogens with zero attached hydrogens (tertiary/aromatic N) is 1. The van der Waals surface area contributed by atoms with E-state index in [-0.39, 0.29) is 0 Å². The number of nitrogens with two attached hydrogens (primary N) is 1. The Bertz CT molecular complexity index is 350. The molecule has 14 heavy (non-hydrogen) atoms. The van der Waals surface area contributed by atoms with Crippen LogP contribution in [0.5, 0.6) is 11.5 Å². The molecular formula is C10H12N2O2. The molecule has 0 unspecified atom stereocenters. The van der Waals surface area contributed by atoms with Crippen molar-refractivity contribution in [3.05, 3.63) is 23.8 Å². The molecule has 74 valence electrons. The highest BCUT2D eigenvalue weighted by Gasteiger charge is 2.09. The summed E-state index contributed by atoms with van der Waals surface area (Å²) in [7, 11) is 0. The Hall–Kier alpha value is -1.71. The Morgan fingerprint density at radius 2 is 2.00 bits per heavy atom. The van der Waals surface area contributed by atoms with Gasteiger partial charge in [-0.25, -0.2) is 0 Å². The molecule has 1 aromatic carbocycles. The summed E-state index contributed by atoms with van der Waals surface area (Å²) in [6.07, 6.45) is 2.49. The summed E-state index contributed by atoms with van der Waals surface area (Å²) in [6.45, 7) is 1.40. The molecule has 0 atom stereocenters. The van der Waals surface area contributed by atoms with Gasteiger partial charge in [0.15, 0.2) is 11.5 Å². The first-order valence-electron chi connectivity index (χ1n) is 4.53. The predicted octanol–water partition coefficient (Wildman–Crippen LogP) is 1.14. The lowest BCUT2D eigenvalue weighted by molar-refractivity contribution is 0.297. The molecule has 1 aromatic rings. The Kier molecular flexibility index (Phi) is 2.53. The van der Waals surface area contributed by atoms with E-state index in [1.165, 1.54) is 0 Å². The first-order chi connectivity index (χ1) is 6.90. The maximum Gasteiger partial charge on any atom is 0.161 e. The second-order valence-electron chi connectivity index (χ2n) is 3.03. The summed E-state index contributed by atoms with van der Waals surface area (Å²) in [6, 6.07) is 5.64. The summed E-state index contributed by atoms with van der Waals surface area (Å²) < 4.78 is 11.0. The molecule has 0 aliphatic carbocycles. The van der Waals surface area contributed by atoms with Gasteiger partial charge in [-0.3, -0.25) is 0 Å². The Morgan fingerprint density at radius 1 is 1.21 bits per heavy atom. The van der Waals surface area contributed by atoms with Crippen molar-refractivity contribution in [2.24, 2.45) is 10.9 Å². The zero-order valence-electron chi connectivity index (χ0n) is 7.77. The summed E-state index contributed by atoms with van der Waals surface area (Å²) in [5, 5.41) is 3.46. The smallest absolute Gasteiger partial charge is 0.161 e. The van der Waals surface area contributed by atoms with Crippen LogP contribution in [0.4, 0.5) is 0 Å². The molecule has 0 aromatic heterocycles. The van der Waals surface area contributed by atoms with Crippen molar-refractivity contribution in [3.63, 3.8) is 0 Å². The highest BCUT2D eigenvalue weighted by Crippen LogP contribution is 2.29. The van der Waals surface area contributed by atoms with Crippen molar-refractivity contribution < 1.29 is 9.47 Å². The number of rotatable bonds is 1. The minimum absolute atomic E-state index is 0.691. The van der Waals surface area contributed by atoms with Gasteiger partial charge in [-0.1, -0.05) is 0 Å². The maximum atomic E-state index is 5.51. The predicted molar refractivity (Wildman–Crippen MR) is 53.8 cm³/mol. The van der Waals surface area contributed by atoms with E-state index in [1.807, 2.05) is 18.2 Å². The number of hydrogen-bond acceptors (Lipinski definition) is 4. The van der Waals surface area contributed by atoms with Crippen molar-refractivity contribution >= 4 is 6.21 Å². The van der Waals surface area contributed by atoms with Gasteiger partial charge < -0.3 is 15.3 Å². The Balaban J connectivity index is 2.32. The largest absolute Gasteiger partial charge is 0.490 e. The van der Waals surface area contributed by atoms with Gasteiger partial charge in [-0.05, 0) is 23.8 Å². The SMILES string of the molecule is NN=Cc1ccc2c(c1)OCCCO2. The highest BCUT2D eigenvalue weighted by molar-refractivity contribution is 5.80. The van der Waals surface area contributed by atoms with E-state index in [2.05, 4.69) is 5.10 Å². The third kappa shape index (κ3) is 1.79. The monoisotopic (exact) mass is 192 g/mol. The molecule has 2 N–H and O–H groups in total. The number of benzene rings is 1. The van der Waals surface area contributed by atoms with Gasteiger partial charge in [0, 0.05) is 6.42 Å². The third-order valence-corrected chi connectivity index (χ3v) is 2.00. The van der Waals surface area contributed by atoms with Crippen LogP contribution in [0, 0.1) is 0 Å². The van der Waals surface area contributed by atoms with Gasteiger partial charge in [0.1, 0.15) is 0 Å². The lowest BCUT2D eigenvalue weighted by Gasteiger charge is -2.06. The van der Waals surface area contributed by atoms with Crippen LogP contribution in [-0.2, 0) is 0 Å². The lowest BCUT2D eigenvalue weighted by atomic mass is 10.2. The molecule has 0 bridgehead atoms. The molecule has 0 fully saturated rings. The summed E-state index contributed by atoms with van der Waals surface area (Å²) >= 11 is 0. The second-order valence-corrected chi connectivity index (χ2v) is 3.03. The molecule has 1 heterocycles. The van der Waals surface area contributed by atoms with E-state index in [9.17, 15) is 0 Å². The van der Waals surface area contributed by atoms with Gasteiger partial charge in [-0.15, -0.1) is 0 Å². The van der Waals surface area contributed by atoms with Crippen molar-refractivity contribution in [1.29, 1.82) is 0 Å². The number of ether oxygens (including phenoxy) is 2. The van der Waals surface area contributed by atoms with Crippen LogP contribution in [-0.4, -0.2) is 19.4 Å². The normalized spacial score (nSPS) is 15.4. The molecule has 1 aliphatic rings. The molecule has 1 aliphatic heterocycles. The van der Waals surface area contributed by atoms with Crippen LogP contribution in [0.15, 0.2) is 23.3 Å². The molecule has 0 amide bonds. The van der Waals surface area contributed by atoms with E-state index >= 15 is 0 Å². The first-order valence-corrected chi connectivity index (χ1v) is 4.53. The molecule has 2 rings (SSSR count). The van der Waals surface area contributed by atoms with Crippen molar-refractivity contribution in [2.75, 3.05) is 13.2 Å². The molecular weight excluding hydrogens is 180 g/mol. The van der Waals surface area contributed by atoms with Crippen LogP contribution < -0.4 is 15.3 Å². The van der Waals surface area contributed by atoms with Crippen molar-refractivity contribution in [1.82, 2.24) is 0 Å². The van der Waals surface area contributed by atoms with Gasteiger partial charge in [-0.2, -0.15) is 5.10 Å². The van der Waals surface area contributed by atoms with Crippen LogP contribution in [0.2, 0.25) is 0 Å². The van der Waals surface area contributed by atoms with Gasteiger partial charge in [0.2, 0.25) is 0 Å². The molecule has 0 saturated heterocycles. The molecule has 0 spiro atoms. The average molecular weight is 192 g/mol. The average Bonchev–Trinajstić information content (AvgIpc) is 2.42. The van der Waals surface area contributed by atoms with Gasteiger partial charge in [0.05, 0.1) is 19.4 Å². The Morgan fingerprint density at radius 3 is 2.79 bits per heavy atom. The van der Waals surface area contributed by atoms with E-state index in [0.717, 1.165) is 23.5 Å². The fourth-order valence-electron chi connectivity index (χ4n) is 1.35. The van der Waals surface area contributed by atoms with E-state index < -0.39 is 0 Å². The summed E-state index contributed by atoms with van der Waals surface area (Å²) in [5.74, 6) is 6.62. The van der Waals surface area contributed by atoms with E-state index in [1.54, 1.807) is 6.21 Å². The number of fused-ring (bicyclic) bond motifs is 1. The van der Waals surface area contributed by atoms with E-state index in [0.29, 0.717) is 13.2 Å². The lowest BCUT2D eigenvalue weighted by Crippen LogP contribution is -1.97. The Labute approximate surface area is 82.3 Å². The number of hydrazone groups is 1. The van der Waals surface area contributed by atoms with E-state index in [4.69, 9.17) is 15.3 Å². The minimum atomic E-state index is 0.691. The fraction of sp³-hybridized carbons (Fsp3) is 0.300. The van der Waals surface area contributed by atoms with Crippen LogP contribution in [0.1, 0.15) is 12.0 Å². The second kappa shape index (κ2) is 4.00. The van der Waals surface area contributed by atoms with Crippen molar-refractivity contribution in [3.8, 4) is 11.5 Å². The third-order valence-electron chi connectivity index (χ3n) is 2.00. The topological polar surface area (TPSA) is 56.8 Å². The standard InChI is InChI=1S/C10H12N2O2/c11-12-7-8-2-3-9-10(6-8)14-5-1-4-13-9/h2-3,6-7H,1,4-5,11H2. The van der Waals surface area contributed by atoms with Crippen molar-refractivity contribution in [2.45, 2.75) is 6.42 Å². The van der Waals surface area contributed by atoms with Gasteiger partial charge >= 0.3 is 0 Å². The van der Waals surface area contributed by atoms with Crippen LogP contribution >= 0.6 is 0 Å². The molecule has 0 radical (unpaired) electrons. The summed E-state index contributed by atoms with van der Waals surface area (Å²) in [4.78, 5) is 0. The van der Waals surface area contributed by atoms with Crippen LogP contribution in [0.3, 0.4) is 0 Å². The maximum absolute atomic E-state index is 5.51. The summed E-state index contributed by atoms with van der Waals surface area (Å²) in [5.41, 5.74) is 0.914. The zero-order valence-corrected chi connectivity index (χ0v) is 7.77. The minimum Gasteiger partial charge on any atom is -0.490 e. The quantitative estimate of drug-likeness (QED) is 0.412. The fourth-order valence-corrected chi connectivity index (χ4v) is 1.35. The first kappa shape index (κ1) is 8.87. The highest BCUT2D eigenvalue weighted by atomic mass is 16.5. The number of hydrogen-bond donors (Lipinski definition) is 1. The molecule has 4 nitrogen and oxygen atoms in total. The van der Waals surface area contributed by atoms with Gasteiger partial charge in [0.25, 0.3) is 0 Å². The molecule has 0 saturated carbocycles. The molecule has 4 heteroatoms. The van der Waals surface area contributed by atoms with Crippen LogP contribution in [0.25, 0.3) is 0 Å².